The fourth-order valence-electron chi connectivity index (χ4n) is 3.00. The number of nitrogens with one attached hydrogen (secondary N) is 1. The predicted octanol–water partition coefficient (Wildman–Crippen LogP) is 3.29. The van der Waals surface area contributed by atoms with E-state index in [1.165, 1.54) is 30.3 Å². The van der Waals surface area contributed by atoms with Crippen LogP contribution in [0.2, 0.25) is 0 Å². The Morgan fingerprint density at radius 2 is 1.67 bits per heavy atom. The fourth-order valence-corrected chi connectivity index (χ4v) is 3.00. The molecule has 0 bridgehead atoms. The smallest absolute Gasteiger partial charge is 0.259 e. The largest absolute Gasteiger partial charge is 0.545 e. The molecule has 4 rings (SSSR count). The number of aromatic nitrogens is 2. The van der Waals surface area contributed by atoms with Gasteiger partial charge in [-0.25, -0.2) is 9.07 Å². The lowest BCUT2D eigenvalue weighted by molar-refractivity contribution is -0.255. The number of benzene rings is 3. The summed E-state index contributed by atoms with van der Waals surface area (Å²) in [7, 11) is 0. The van der Waals surface area contributed by atoms with E-state index in [2.05, 4.69) is 10.4 Å². The SMILES string of the molecule is O=C([O-])c1cccc(NC(=O)c2cn(-c3ccccc3)nc2-c2ccc(F)cc2)c1. The van der Waals surface area contributed by atoms with Gasteiger partial charge in [-0.3, -0.25) is 4.79 Å². The van der Waals surface area contributed by atoms with Crippen molar-refractivity contribution in [3.05, 3.63) is 102 Å². The molecule has 30 heavy (non-hydrogen) atoms. The second-order valence-corrected chi connectivity index (χ2v) is 6.50. The third-order valence-electron chi connectivity index (χ3n) is 4.45. The van der Waals surface area contributed by atoms with Crippen LogP contribution in [-0.4, -0.2) is 21.7 Å². The van der Waals surface area contributed by atoms with E-state index < -0.39 is 17.7 Å². The number of anilines is 1. The number of aromatic carboxylic acids is 1. The summed E-state index contributed by atoms with van der Waals surface area (Å²) in [6, 6.07) is 20.7. The number of hydrogen-bond acceptors (Lipinski definition) is 4. The van der Waals surface area contributed by atoms with E-state index in [-0.39, 0.29) is 11.1 Å². The van der Waals surface area contributed by atoms with Gasteiger partial charge in [0.05, 0.1) is 17.2 Å². The van der Waals surface area contributed by atoms with Crippen molar-refractivity contribution in [2.45, 2.75) is 0 Å². The summed E-state index contributed by atoms with van der Waals surface area (Å²) in [6.45, 7) is 0. The van der Waals surface area contributed by atoms with Gasteiger partial charge in [0.15, 0.2) is 0 Å². The highest BCUT2D eigenvalue weighted by Gasteiger charge is 2.19. The molecule has 1 N–H and O–H groups in total. The molecule has 6 nitrogen and oxygen atoms in total. The average Bonchev–Trinajstić information content (AvgIpc) is 3.21. The molecule has 0 radical (unpaired) electrons. The number of hydrogen-bond donors (Lipinski definition) is 1. The summed E-state index contributed by atoms with van der Waals surface area (Å²) in [5.41, 5.74) is 2.20. The quantitative estimate of drug-likeness (QED) is 0.557. The van der Waals surface area contributed by atoms with E-state index in [4.69, 9.17) is 0 Å². The van der Waals surface area contributed by atoms with Crippen molar-refractivity contribution < 1.29 is 19.1 Å². The number of carbonyl (C=O) groups excluding carboxylic acids is 2. The average molecular weight is 400 g/mol. The summed E-state index contributed by atoms with van der Waals surface area (Å²) in [5, 5.41) is 18.3. The zero-order valence-electron chi connectivity index (χ0n) is 15.6. The number of para-hydroxylation sites is 1. The third-order valence-corrected chi connectivity index (χ3v) is 4.45. The maximum atomic E-state index is 13.4. The van der Waals surface area contributed by atoms with Crippen molar-refractivity contribution in [2.24, 2.45) is 0 Å². The molecular formula is C23H15FN3O3-. The van der Waals surface area contributed by atoms with Crippen LogP contribution < -0.4 is 10.4 Å². The molecule has 148 valence electrons. The number of rotatable bonds is 5. The molecule has 4 aromatic rings. The lowest BCUT2D eigenvalue weighted by atomic mass is 10.1. The molecule has 1 heterocycles. The summed E-state index contributed by atoms with van der Waals surface area (Å²) in [6.07, 6.45) is 1.58. The maximum absolute atomic E-state index is 13.4. The monoisotopic (exact) mass is 400 g/mol. The van der Waals surface area contributed by atoms with Crippen molar-refractivity contribution in [1.29, 1.82) is 0 Å². The Kier molecular flexibility index (Phi) is 5.09. The van der Waals surface area contributed by atoms with Crippen LogP contribution in [0.1, 0.15) is 20.7 Å². The number of carboxylic acids is 1. The Balaban J connectivity index is 1.74. The van der Waals surface area contributed by atoms with E-state index >= 15 is 0 Å². The van der Waals surface area contributed by atoms with Crippen LogP contribution in [0.3, 0.4) is 0 Å². The van der Waals surface area contributed by atoms with Crippen molar-refractivity contribution in [1.82, 2.24) is 9.78 Å². The molecule has 1 aromatic heterocycles. The van der Waals surface area contributed by atoms with Crippen LogP contribution in [0.5, 0.6) is 0 Å². The maximum Gasteiger partial charge on any atom is 0.259 e. The highest BCUT2D eigenvalue weighted by atomic mass is 19.1. The minimum absolute atomic E-state index is 0.0495. The fraction of sp³-hybridized carbons (Fsp3) is 0. The van der Waals surface area contributed by atoms with Crippen molar-refractivity contribution >= 4 is 17.6 Å². The van der Waals surface area contributed by atoms with Gasteiger partial charge >= 0.3 is 0 Å². The molecule has 0 unspecified atom stereocenters. The van der Waals surface area contributed by atoms with Crippen LogP contribution in [-0.2, 0) is 0 Å². The van der Waals surface area contributed by atoms with Gasteiger partial charge in [0.1, 0.15) is 11.5 Å². The summed E-state index contributed by atoms with van der Waals surface area (Å²) in [5.74, 6) is -2.21. The Labute approximate surface area is 171 Å². The number of carboxylic acid groups (broad SMARTS) is 1. The minimum Gasteiger partial charge on any atom is -0.545 e. The molecular weight excluding hydrogens is 385 g/mol. The predicted molar refractivity (Wildman–Crippen MR) is 108 cm³/mol. The normalized spacial score (nSPS) is 10.6. The second-order valence-electron chi connectivity index (χ2n) is 6.50. The van der Waals surface area contributed by atoms with Crippen molar-refractivity contribution in [2.75, 3.05) is 5.32 Å². The lowest BCUT2D eigenvalue weighted by Crippen LogP contribution is -2.22. The molecule has 1 amide bonds. The van der Waals surface area contributed by atoms with E-state index in [0.29, 0.717) is 16.9 Å². The van der Waals surface area contributed by atoms with Crippen molar-refractivity contribution in [3.63, 3.8) is 0 Å². The van der Waals surface area contributed by atoms with E-state index in [9.17, 15) is 19.1 Å². The Bertz CT molecular complexity index is 1220. The Morgan fingerprint density at radius 3 is 2.37 bits per heavy atom. The van der Waals surface area contributed by atoms with Gasteiger partial charge in [-0.15, -0.1) is 0 Å². The topological polar surface area (TPSA) is 87.0 Å². The molecule has 3 aromatic carbocycles. The molecule has 7 heteroatoms. The molecule has 0 fully saturated rings. The highest BCUT2D eigenvalue weighted by molar-refractivity contribution is 6.08. The number of nitrogens with zero attached hydrogens (tertiary/aromatic N) is 2. The zero-order chi connectivity index (χ0) is 21.1. The first kappa shape index (κ1) is 19.1. The van der Waals surface area contributed by atoms with Gasteiger partial charge in [-0.1, -0.05) is 30.3 Å². The summed E-state index contributed by atoms with van der Waals surface area (Å²) in [4.78, 5) is 24.1. The molecule has 0 atom stereocenters. The molecule has 0 aliphatic carbocycles. The van der Waals surface area contributed by atoms with Gasteiger partial charge in [-0.05, 0) is 54.1 Å². The first-order valence-electron chi connectivity index (χ1n) is 9.05. The first-order valence-corrected chi connectivity index (χ1v) is 9.05. The standard InChI is InChI=1S/C23H16FN3O3/c24-17-11-9-15(10-12-17)21-20(14-27(26-21)19-7-2-1-3-8-19)22(28)25-18-6-4-5-16(13-18)23(29)30/h1-14H,(H,25,28)(H,29,30)/p-1. The van der Waals surface area contributed by atoms with E-state index in [0.717, 1.165) is 5.69 Å². The zero-order valence-corrected chi connectivity index (χ0v) is 15.6. The van der Waals surface area contributed by atoms with Crippen LogP contribution in [0, 0.1) is 5.82 Å². The molecule has 0 aliphatic rings. The van der Waals surface area contributed by atoms with Crippen LogP contribution in [0.25, 0.3) is 16.9 Å². The lowest BCUT2D eigenvalue weighted by Gasteiger charge is -2.08. The highest BCUT2D eigenvalue weighted by Crippen LogP contribution is 2.25. The first-order chi connectivity index (χ1) is 14.5. The van der Waals surface area contributed by atoms with Gasteiger partial charge in [0.2, 0.25) is 0 Å². The van der Waals surface area contributed by atoms with Crippen LogP contribution in [0.15, 0.2) is 85.1 Å². The van der Waals surface area contributed by atoms with E-state index in [1.54, 1.807) is 29.1 Å². The van der Waals surface area contributed by atoms with Crippen LogP contribution in [0.4, 0.5) is 10.1 Å². The van der Waals surface area contributed by atoms with E-state index in [1.807, 2.05) is 30.3 Å². The van der Waals surface area contributed by atoms with Gasteiger partial charge < -0.3 is 15.2 Å². The van der Waals surface area contributed by atoms with Gasteiger partial charge in [0, 0.05) is 17.4 Å². The molecule has 0 aliphatic heterocycles. The Morgan fingerprint density at radius 1 is 0.933 bits per heavy atom. The molecule has 0 saturated carbocycles. The van der Waals surface area contributed by atoms with Gasteiger partial charge in [0.25, 0.3) is 5.91 Å². The van der Waals surface area contributed by atoms with Gasteiger partial charge in [-0.2, -0.15) is 5.10 Å². The number of carbonyl (C=O) groups is 2. The second kappa shape index (κ2) is 8.00. The summed E-state index contributed by atoms with van der Waals surface area (Å²) >= 11 is 0. The molecule has 0 spiro atoms. The number of amides is 1. The molecule has 0 saturated heterocycles. The number of halogens is 1. The third kappa shape index (κ3) is 3.95. The minimum atomic E-state index is -1.34. The Hall–Kier alpha value is -4.26. The van der Waals surface area contributed by atoms with Crippen LogP contribution >= 0.6 is 0 Å². The van der Waals surface area contributed by atoms with Crippen molar-refractivity contribution in [3.8, 4) is 16.9 Å². The summed E-state index contributed by atoms with van der Waals surface area (Å²) < 4.78 is 14.9.